The summed E-state index contributed by atoms with van der Waals surface area (Å²) in [6.07, 6.45) is 1.23. The third-order valence-electron chi connectivity index (χ3n) is 3.31. The molecule has 0 aromatic heterocycles. The Labute approximate surface area is 125 Å². The molecule has 1 heterocycles. The fourth-order valence-corrected chi connectivity index (χ4v) is 2.53. The number of carbonyl (C=O) groups excluding carboxylic acids is 1. The van der Waals surface area contributed by atoms with Crippen molar-refractivity contribution in [3.8, 4) is 0 Å². The predicted octanol–water partition coefficient (Wildman–Crippen LogP) is 2.37. The van der Waals surface area contributed by atoms with Crippen molar-refractivity contribution < 1.29 is 14.6 Å². The maximum Gasteiger partial charge on any atom is 0.251 e. The lowest BCUT2D eigenvalue weighted by atomic mass is 9.90. The molecule has 4 nitrogen and oxygen atoms in total. The lowest BCUT2D eigenvalue weighted by molar-refractivity contribution is 0.0125. The third kappa shape index (κ3) is 3.48. The van der Waals surface area contributed by atoms with Crippen molar-refractivity contribution in [1.29, 1.82) is 0 Å². The van der Waals surface area contributed by atoms with Gasteiger partial charge in [-0.2, -0.15) is 0 Å². The fraction of sp³-hybridized carbons (Fsp3) is 0.462. The van der Waals surface area contributed by atoms with Crippen molar-refractivity contribution in [1.82, 2.24) is 5.32 Å². The van der Waals surface area contributed by atoms with E-state index in [0.29, 0.717) is 41.1 Å². The molecule has 104 valence electrons. The van der Waals surface area contributed by atoms with Crippen molar-refractivity contribution in [2.24, 2.45) is 0 Å². The molecule has 1 aromatic carbocycles. The highest BCUT2D eigenvalue weighted by Crippen LogP contribution is 2.25. The zero-order valence-corrected chi connectivity index (χ0v) is 12.6. The van der Waals surface area contributed by atoms with Crippen LogP contribution >= 0.6 is 27.5 Å². The Morgan fingerprint density at radius 1 is 1.47 bits per heavy atom. The van der Waals surface area contributed by atoms with Crippen molar-refractivity contribution in [2.75, 3.05) is 19.8 Å². The standard InChI is InChI=1S/C13H15BrClNO3/c14-10-7-9(1-2-11(10)15)12(18)16-13(8-17)3-5-19-6-4-13/h1-2,7,17H,3-6,8H2,(H,16,18). The maximum atomic E-state index is 12.2. The van der Waals surface area contributed by atoms with Crippen LogP contribution in [0, 0.1) is 0 Å². The Hall–Kier alpha value is -0.620. The van der Waals surface area contributed by atoms with Crippen LogP contribution < -0.4 is 5.32 Å². The maximum absolute atomic E-state index is 12.2. The summed E-state index contributed by atoms with van der Waals surface area (Å²) in [6.45, 7) is 1.01. The number of ether oxygens (including phenoxy) is 1. The SMILES string of the molecule is O=C(NC1(CO)CCOCC1)c1ccc(Cl)c(Br)c1. The summed E-state index contributed by atoms with van der Waals surface area (Å²) in [6, 6.07) is 4.99. The lowest BCUT2D eigenvalue weighted by Gasteiger charge is -2.36. The summed E-state index contributed by atoms with van der Waals surface area (Å²) < 4.78 is 5.93. The van der Waals surface area contributed by atoms with Gasteiger partial charge in [0, 0.05) is 23.2 Å². The normalized spacial score (nSPS) is 18.1. The summed E-state index contributed by atoms with van der Waals surface area (Å²) in [5.74, 6) is -0.215. The number of aliphatic hydroxyl groups excluding tert-OH is 1. The quantitative estimate of drug-likeness (QED) is 0.882. The van der Waals surface area contributed by atoms with E-state index in [1.807, 2.05) is 0 Å². The largest absolute Gasteiger partial charge is 0.394 e. The predicted molar refractivity (Wildman–Crippen MR) is 76.5 cm³/mol. The number of carbonyl (C=O) groups is 1. The molecule has 1 amide bonds. The van der Waals surface area contributed by atoms with Crippen LogP contribution in [0.3, 0.4) is 0 Å². The highest BCUT2D eigenvalue weighted by Gasteiger charge is 2.33. The summed E-state index contributed by atoms with van der Waals surface area (Å²) in [5, 5.41) is 13.0. The minimum atomic E-state index is -0.582. The zero-order chi connectivity index (χ0) is 13.9. The first-order chi connectivity index (χ1) is 9.06. The molecular weight excluding hydrogens is 334 g/mol. The van der Waals surface area contributed by atoms with E-state index in [2.05, 4.69) is 21.2 Å². The topological polar surface area (TPSA) is 58.6 Å². The first-order valence-electron chi connectivity index (χ1n) is 6.02. The molecule has 2 rings (SSSR count). The van der Waals surface area contributed by atoms with Gasteiger partial charge in [0.2, 0.25) is 0 Å². The molecule has 1 fully saturated rings. The van der Waals surface area contributed by atoms with Gasteiger partial charge in [0.1, 0.15) is 0 Å². The number of halogens is 2. The second-order valence-corrected chi connectivity index (χ2v) is 5.90. The monoisotopic (exact) mass is 347 g/mol. The Balaban J connectivity index is 2.12. The molecule has 1 aliphatic heterocycles. The van der Waals surface area contributed by atoms with Crippen molar-refractivity contribution in [2.45, 2.75) is 18.4 Å². The molecule has 1 aromatic rings. The van der Waals surface area contributed by atoms with Crippen molar-refractivity contribution in [3.63, 3.8) is 0 Å². The molecule has 2 N–H and O–H groups in total. The van der Waals surface area contributed by atoms with Crippen LogP contribution in [-0.2, 0) is 4.74 Å². The van der Waals surface area contributed by atoms with E-state index in [-0.39, 0.29) is 12.5 Å². The van der Waals surface area contributed by atoms with Crippen LogP contribution in [0.1, 0.15) is 23.2 Å². The molecule has 19 heavy (non-hydrogen) atoms. The average molecular weight is 349 g/mol. The number of aliphatic hydroxyl groups is 1. The first-order valence-corrected chi connectivity index (χ1v) is 7.20. The molecule has 1 saturated heterocycles. The number of hydrogen-bond acceptors (Lipinski definition) is 3. The van der Waals surface area contributed by atoms with Gasteiger partial charge in [-0.3, -0.25) is 4.79 Å². The van der Waals surface area contributed by atoms with Crippen LogP contribution in [0.5, 0.6) is 0 Å². The summed E-state index contributed by atoms with van der Waals surface area (Å²) >= 11 is 9.19. The first kappa shape index (κ1) is 14.8. The van der Waals surface area contributed by atoms with Crippen LogP contribution in [0.2, 0.25) is 5.02 Å². The number of hydrogen-bond donors (Lipinski definition) is 2. The average Bonchev–Trinajstić information content (AvgIpc) is 2.43. The van der Waals surface area contributed by atoms with Gasteiger partial charge in [-0.25, -0.2) is 0 Å². The van der Waals surface area contributed by atoms with Gasteiger partial charge >= 0.3 is 0 Å². The van der Waals surface area contributed by atoms with Gasteiger partial charge in [0.25, 0.3) is 5.91 Å². The summed E-state index contributed by atoms with van der Waals surface area (Å²) in [4.78, 5) is 12.2. The summed E-state index contributed by atoms with van der Waals surface area (Å²) in [5.41, 5.74) is -0.0721. The highest BCUT2D eigenvalue weighted by atomic mass is 79.9. The highest BCUT2D eigenvalue weighted by molar-refractivity contribution is 9.10. The Morgan fingerprint density at radius 3 is 2.74 bits per heavy atom. The molecule has 0 spiro atoms. The Morgan fingerprint density at radius 2 is 2.16 bits per heavy atom. The fourth-order valence-electron chi connectivity index (χ4n) is 2.04. The van der Waals surface area contributed by atoms with Crippen LogP contribution in [-0.4, -0.2) is 36.4 Å². The van der Waals surface area contributed by atoms with Gasteiger partial charge in [-0.15, -0.1) is 0 Å². The van der Waals surface area contributed by atoms with Crippen molar-refractivity contribution in [3.05, 3.63) is 33.3 Å². The van der Waals surface area contributed by atoms with Crippen LogP contribution in [0.4, 0.5) is 0 Å². The molecule has 0 unspecified atom stereocenters. The Bertz CT molecular complexity index is 475. The number of amides is 1. The van der Waals surface area contributed by atoms with Crippen LogP contribution in [0.25, 0.3) is 0 Å². The number of benzene rings is 1. The summed E-state index contributed by atoms with van der Waals surface area (Å²) in [7, 11) is 0. The van der Waals surface area contributed by atoms with E-state index < -0.39 is 5.54 Å². The number of nitrogens with one attached hydrogen (secondary N) is 1. The minimum Gasteiger partial charge on any atom is -0.394 e. The van der Waals surface area contributed by atoms with Gasteiger partial charge < -0.3 is 15.2 Å². The van der Waals surface area contributed by atoms with Crippen molar-refractivity contribution >= 4 is 33.4 Å². The minimum absolute atomic E-state index is 0.0864. The molecule has 0 saturated carbocycles. The van der Waals surface area contributed by atoms with Gasteiger partial charge in [0.05, 0.1) is 17.2 Å². The molecule has 0 aliphatic carbocycles. The van der Waals surface area contributed by atoms with Crippen LogP contribution in [0.15, 0.2) is 22.7 Å². The van der Waals surface area contributed by atoms with E-state index in [1.165, 1.54) is 0 Å². The van der Waals surface area contributed by atoms with E-state index in [0.717, 1.165) is 0 Å². The number of rotatable bonds is 3. The van der Waals surface area contributed by atoms with Gasteiger partial charge in [-0.1, -0.05) is 11.6 Å². The third-order valence-corrected chi connectivity index (χ3v) is 4.53. The molecule has 1 aliphatic rings. The zero-order valence-electron chi connectivity index (χ0n) is 10.3. The van der Waals surface area contributed by atoms with E-state index in [4.69, 9.17) is 16.3 Å². The van der Waals surface area contributed by atoms with Gasteiger partial charge in [0.15, 0.2) is 0 Å². The lowest BCUT2D eigenvalue weighted by Crippen LogP contribution is -2.54. The van der Waals surface area contributed by atoms with E-state index >= 15 is 0 Å². The Kier molecular flexibility index (Phi) is 4.84. The molecule has 0 atom stereocenters. The van der Waals surface area contributed by atoms with Gasteiger partial charge in [-0.05, 0) is 47.0 Å². The smallest absolute Gasteiger partial charge is 0.251 e. The second-order valence-electron chi connectivity index (χ2n) is 4.63. The van der Waals surface area contributed by atoms with E-state index in [1.54, 1.807) is 18.2 Å². The van der Waals surface area contributed by atoms with E-state index in [9.17, 15) is 9.90 Å². The molecule has 0 radical (unpaired) electrons. The molecule has 6 heteroatoms. The molecule has 0 bridgehead atoms. The second kappa shape index (κ2) is 6.22. The molecular formula is C13H15BrClNO3.